The molecule has 1 aromatic carbocycles. The Labute approximate surface area is 210 Å². The molecule has 0 N–H and O–H groups in total. The molecule has 2 saturated heterocycles. The molecule has 5 rings (SSSR count). The second kappa shape index (κ2) is 10.4. The van der Waals surface area contributed by atoms with Gasteiger partial charge in [-0.05, 0) is 43.9 Å². The fourth-order valence-electron chi connectivity index (χ4n) is 4.83. The molecule has 2 aliphatic heterocycles. The van der Waals surface area contributed by atoms with Gasteiger partial charge in [0.05, 0.1) is 31.2 Å². The third-order valence-electron chi connectivity index (χ3n) is 6.76. The molecule has 2 aromatic rings. The van der Waals surface area contributed by atoms with Gasteiger partial charge in [0.2, 0.25) is 5.75 Å². The van der Waals surface area contributed by atoms with Gasteiger partial charge in [0.15, 0.2) is 0 Å². The van der Waals surface area contributed by atoms with Gasteiger partial charge in [-0.2, -0.15) is 26.8 Å². The number of benzene rings is 1. The van der Waals surface area contributed by atoms with Crippen LogP contribution in [0.3, 0.4) is 0 Å². The van der Waals surface area contributed by atoms with Crippen molar-refractivity contribution in [1.29, 1.82) is 0 Å². The van der Waals surface area contributed by atoms with Crippen molar-refractivity contribution in [3.05, 3.63) is 45.8 Å². The number of anilines is 1. The maximum atomic E-state index is 13.5. The minimum Gasteiger partial charge on any atom is -0.483 e. The Kier molecular flexibility index (Phi) is 7.31. The fraction of sp³-hybridized carbons (Fsp3) is 0.565. The van der Waals surface area contributed by atoms with Crippen LogP contribution in [-0.2, 0) is 14.9 Å². The standard InChI is InChI=1S/C23H30ClN5O5S/c24-18-4-3-5-19(16-18)29-23(30)22(34-20-6-1-2-7-20)21(17-25-29)26-8-10-27(11-9-26)35(31,32)28-12-14-33-15-13-28/h3-5,16-17,20H,1-2,6-15H2. The molecule has 3 fully saturated rings. The van der Waals surface area contributed by atoms with Crippen LogP contribution in [0.2, 0.25) is 5.02 Å². The van der Waals surface area contributed by atoms with Gasteiger partial charge in [0.25, 0.3) is 10.2 Å². The molecule has 1 saturated carbocycles. The van der Waals surface area contributed by atoms with Gasteiger partial charge < -0.3 is 14.4 Å². The molecule has 1 aromatic heterocycles. The SMILES string of the molecule is O=c1c(OC2CCCC2)c(N2CCN(S(=O)(=O)N3CCOCC3)CC2)cnn1-c1cccc(Cl)c1. The third kappa shape index (κ3) is 5.19. The largest absolute Gasteiger partial charge is 0.483 e. The Morgan fingerprint density at radius 2 is 1.69 bits per heavy atom. The van der Waals surface area contributed by atoms with E-state index in [1.807, 2.05) is 4.90 Å². The minimum atomic E-state index is -3.54. The highest BCUT2D eigenvalue weighted by Crippen LogP contribution is 2.30. The van der Waals surface area contributed by atoms with E-state index in [0.717, 1.165) is 25.7 Å². The zero-order valence-electron chi connectivity index (χ0n) is 19.5. The van der Waals surface area contributed by atoms with Crippen LogP contribution < -0.4 is 15.2 Å². The van der Waals surface area contributed by atoms with E-state index in [-0.39, 0.29) is 17.4 Å². The van der Waals surface area contributed by atoms with Crippen LogP contribution in [0.5, 0.6) is 5.75 Å². The Bertz CT molecular complexity index is 1200. The molecule has 0 bridgehead atoms. The van der Waals surface area contributed by atoms with Crippen LogP contribution >= 0.6 is 11.6 Å². The maximum Gasteiger partial charge on any atom is 0.316 e. The lowest BCUT2D eigenvalue weighted by molar-refractivity contribution is 0.0700. The van der Waals surface area contributed by atoms with E-state index < -0.39 is 10.2 Å². The molecular weight excluding hydrogens is 494 g/mol. The third-order valence-corrected chi connectivity index (χ3v) is 9.03. The number of rotatable bonds is 6. The number of hydrogen-bond donors (Lipinski definition) is 0. The van der Waals surface area contributed by atoms with Crippen molar-refractivity contribution in [2.75, 3.05) is 57.4 Å². The molecule has 35 heavy (non-hydrogen) atoms. The van der Waals surface area contributed by atoms with Gasteiger partial charge in [0, 0.05) is 44.3 Å². The first-order valence-electron chi connectivity index (χ1n) is 12.1. The molecule has 1 aliphatic carbocycles. The van der Waals surface area contributed by atoms with Crippen LogP contribution in [0.1, 0.15) is 25.7 Å². The molecule has 10 nitrogen and oxygen atoms in total. The Hall–Kier alpha value is -2.18. The Morgan fingerprint density at radius 1 is 1.00 bits per heavy atom. The summed E-state index contributed by atoms with van der Waals surface area (Å²) in [5.41, 5.74) is 0.815. The molecule has 0 unspecified atom stereocenters. The summed E-state index contributed by atoms with van der Waals surface area (Å²) in [6.45, 7) is 3.08. The van der Waals surface area contributed by atoms with E-state index in [1.54, 1.807) is 30.5 Å². The monoisotopic (exact) mass is 523 g/mol. The number of halogens is 1. The summed E-state index contributed by atoms with van der Waals surface area (Å²) in [5, 5.41) is 4.92. The highest BCUT2D eigenvalue weighted by atomic mass is 35.5. The fourth-order valence-corrected chi connectivity index (χ4v) is 6.58. The number of hydrogen-bond acceptors (Lipinski definition) is 7. The number of nitrogens with zero attached hydrogens (tertiary/aromatic N) is 5. The maximum absolute atomic E-state index is 13.5. The van der Waals surface area contributed by atoms with Gasteiger partial charge in [0.1, 0.15) is 5.69 Å². The normalized spacial score (nSPS) is 20.9. The zero-order chi connectivity index (χ0) is 24.4. The lowest BCUT2D eigenvalue weighted by Gasteiger charge is -2.38. The van der Waals surface area contributed by atoms with E-state index in [2.05, 4.69) is 5.10 Å². The van der Waals surface area contributed by atoms with Crippen molar-refractivity contribution in [3.63, 3.8) is 0 Å². The van der Waals surface area contributed by atoms with E-state index >= 15 is 0 Å². The second-order valence-corrected chi connectivity index (χ2v) is 11.4. The van der Waals surface area contributed by atoms with Gasteiger partial charge in [-0.3, -0.25) is 4.79 Å². The topological polar surface area (TPSA) is 97.2 Å². The molecule has 0 radical (unpaired) electrons. The van der Waals surface area contributed by atoms with Gasteiger partial charge >= 0.3 is 5.56 Å². The minimum absolute atomic E-state index is 0.0142. The average Bonchev–Trinajstić information content (AvgIpc) is 3.39. The summed E-state index contributed by atoms with van der Waals surface area (Å²) in [4.78, 5) is 15.5. The van der Waals surface area contributed by atoms with Crippen molar-refractivity contribution < 1.29 is 17.9 Å². The molecule has 3 aliphatic rings. The molecule has 0 spiro atoms. The number of piperazine rings is 1. The molecule has 12 heteroatoms. The lowest BCUT2D eigenvalue weighted by atomic mass is 10.2. The summed E-state index contributed by atoms with van der Waals surface area (Å²) in [5.74, 6) is 0.261. The van der Waals surface area contributed by atoms with Crippen LogP contribution in [0.15, 0.2) is 35.3 Å². The van der Waals surface area contributed by atoms with Crippen molar-refractivity contribution in [2.24, 2.45) is 0 Å². The van der Waals surface area contributed by atoms with Gasteiger partial charge in [-0.15, -0.1) is 0 Å². The predicted molar refractivity (Wildman–Crippen MR) is 133 cm³/mol. The van der Waals surface area contributed by atoms with Crippen LogP contribution in [0, 0.1) is 0 Å². The summed E-state index contributed by atoms with van der Waals surface area (Å²) < 4.78 is 41.9. The summed E-state index contributed by atoms with van der Waals surface area (Å²) in [7, 11) is -3.54. The Balaban J connectivity index is 1.40. The zero-order valence-corrected chi connectivity index (χ0v) is 21.1. The number of aromatic nitrogens is 2. The van der Waals surface area contributed by atoms with E-state index in [0.29, 0.717) is 68.9 Å². The summed E-state index contributed by atoms with van der Waals surface area (Å²) >= 11 is 6.14. The van der Waals surface area contributed by atoms with Crippen molar-refractivity contribution in [1.82, 2.24) is 18.4 Å². The van der Waals surface area contributed by atoms with Crippen LogP contribution in [0.25, 0.3) is 5.69 Å². The average molecular weight is 524 g/mol. The van der Waals surface area contributed by atoms with Crippen molar-refractivity contribution >= 4 is 27.5 Å². The van der Waals surface area contributed by atoms with E-state index in [9.17, 15) is 13.2 Å². The second-order valence-electron chi connectivity index (χ2n) is 8.99. The van der Waals surface area contributed by atoms with Gasteiger partial charge in [-0.1, -0.05) is 17.7 Å². The first kappa shape index (κ1) is 24.5. The highest BCUT2D eigenvalue weighted by molar-refractivity contribution is 7.86. The van der Waals surface area contributed by atoms with Crippen molar-refractivity contribution in [3.8, 4) is 11.4 Å². The number of morpholine rings is 1. The highest BCUT2D eigenvalue weighted by Gasteiger charge is 2.34. The van der Waals surface area contributed by atoms with Crippen LogP contribution in [-0.4, -0.2) is 85.4 Å². The lowest BCUT2D eigenvalue weighted by Crippen LogP contribution is -2.55. The molecular formula is C23H30ClN5O5S. The van der Waals surface area contributed by atoms with E-state index in [1.165, 1.54) is 13.3 Å². The van der Waals surface area contributed by atoms with Crippen molar-refractivity contribution in [2.45, 2.75) is 31.8 Å². The first-order valence-corrected chi connectivity index (χ1v) is 13.8. The Morgan fingerprint density at radius 3 is 2.37 bits per heavy atom. The summed E-state index contributed by atoms with van der Waals surface area (Å²) in [6.07, 6.45) is 5.59. The molecule has 3 heterocycles. The molecule has 190 valence electrons. The first-order chi connectivity index (χ1) is 16.9. The molecule has 0 atom stereocenters. The quantitative estimate of drug-likeness (QED) is 0.570. The smallest absolute Gasteiger partial charge is 0.316 e. The number of ether oxygens (including phenoxy) is 2. The van der Waals surface area contributed by atoms with E-state index in [4.69, 9.17) is 21.1 Å². The van der Waals surface area contributed by atoms with Gasteiger partial charge in [-0.25, -0.2) is 0 Å². The molecule has 0 amide bonds. The van der Waals surface area contributed by atoms with Crippen LogP contribution in [0.4, 0.5) is 5.69 Å². The summed E-state index contributed by atoms with van der Waals surface area (Å²) in [6, 6.07) is 6.97. The predicted octanol–water partition coefficient (Wildman–Crippen LogP) is 1.91.